The van der Waals surface area contributed by atoms with E-state index >= 15 is 0 Å². The Morgan fingerprint density at radius 2 is 2.25 bits per heavy atom. The lowest BCUT2D eigenvalue weighted by atomic mass is 9.93. The van der Waals surface area contributed by atoms with Gasteiger partial charge in [0.15, 0.2) is 0 Å². The molecule has 0 N–H and O–H groups in total. The molecule has 66 valence electrons. The highest BCUT2D eigenvalue weighted by molar-refractivity contribution is 5.23. The van der Waals surface area contributed by atoms with Crippen molar-refractivity contribution in [1.82, 2.24) is 0 Å². The van der Waals surface area contributed by atoms with Gasteiger partial charge in [0.1, 0.15) is 11.7 Å². The van der Waals surface area contributed by atoms with Crippen molar-refractivity contribution in [1.29, 1.82) is 0 Å². The largest absolute Gasteiger partial charge is 0.368 e. The SMILES string of the molecule is C[C@H]1COC2C=CC=CC2(C)O1. The zero-order valence-electron chi connectivity index (χ0n) is 7.49. The monoisotopic (exact) mass is 166 g/mol. The highest BCUT2D eigenvalue weighted by Gasteiger charge is 2.38. The van der Waals surface area contributed by atoms with E-state index in [0.29, 0.717) is 6.61 Å². The topological polar surface area (TPSA) is 18.5 Å². The molecule has 0 radical (unpaired) electrons. The molecule has 2 heteroatoms. The molecule has 0 aromatic heterocycles. The van der Waals surface area contributed by atoms with Crippen LogP contribution in [0.15, 0.2) is 24.3 Å². The van der Waals surface area contributed by atoms with Crippen LogP contribution < -0.4 is 0 Å². The van der Waals surface area contributed by atoms with E-state index < -0.39 is 0 Å². The van der Waals surface area contributed by atoms with Crippen LogP contribution in [-0.4, -0.2) is 24.4 Å². The minimum absolute atomic E-state index is 0.0960. The summed E-state index contributed by atoms with van der Waals surface area (Å²) in [7, 11) is 0. The van der Waals surface area contributed by atoms with Gasteiger partial charge in [-0.1, -0.05) is 24.3 Å². The summed E-state index contributed by atoms with van der Waals surface area (Å²) in [5, 5.41) is 0. The molecule has 1 fully saturated rings. The fraction of sp³-hybridized carbons (Fsp3) is 0.600. The van der Waals surface area contributed by atoms with E-state index in [9.17, 15) is 0 Å². The van der Waals surface area contributed by atoms with Crippen LogP contribution in [0, 0.1) is 0 Å². The van der Waals surface area contributed by atoms with Crippen molar-refractivity contribution in [3.05, 3.63) is 24.3 Å². The van der Waals surface area contributed by atoms with Crippen LogP contribution in [0.3, 0.4) is 0 Å². The van der Waals surface area contributed by atoms with Crippen molar-refractivity contribution in [2.75, 3.05) is 6.61 Å². The molecule has 3 atom stereocenters. The van der Waals surface area contributed by atoms with Crippen molar-refractivity contribution in [2.45, 2.75) is 31.7 Å². The number of rotatable bonds is 0. The van der Waals surface area contributed by atoms with Gasteiger partial charge in [-0.25, -0.2) is 0 Å². The fourth-order valence-electron chi connectivity index (χ4n) is 1.73. The third-order valence-corrected chi connectivity index (χ3v) is 2.35. The van der Waals surface area contributed by atoms with Crippen LogP contribution in [0.5, 0.6) is 0 Å². The van der Waals surface area contributed by atoms with E-state index in [4.69, 9.17) is 9.47 Å². The summed E-state index contributed by atoms with van der Waals surface area (Å²) in [5.74, 6) is 0. The van der Waals surface area contributed by atoms with E-state index in [1.54, 1.807) is 0 Å². The molecular formula is C10H14O2. The number of hydrogen-bond donors (Lipinski definition) is 0. The molecule has 1 saturated heterocycles. The number of fused-ring (bicyclic) bond motifs is 1. The molecule has 0 spiro atoms. The summed E-state index contributed by atoms with van der Waals surface area (Å²) in [6.07, 6.45) is 8.42. The maximum Gasteiger partial charge on any atom is 0.114 e. The van der Waals surface area contributed by atoms with Gasteiger partial charge in [-0.05, 0) is 13.8 Å². The summed E-state index contributed by atoms with van der Waals surface area (Å²) in [6, 6.07) is 0. The molecule has 1 heterocycles. The van der Waals surface area contributed by atoms with Crippen molar-refractivity contribution in [2.24, 2.45) is 0 Å². The van der Waals surface area contributed by atoms with Crippen molar-refractivity contribution in [3.8, 4) is 0 Å². The molecule has 2 aliphatic rings. The van der Waals surface area contributed by atoms with Crippen LogP contribution in [0.25, 0.3) is 0 Å². The Kier molecular flexibility index (Phi) is 1.81. The Labute approximate surface area is 72.9 Å². The van der Waals surface area contributed by atoms with Crippen molar-refractivity contribution >= 4 is 0 Å². The van der Waals surface area contributed by atoms with Gasteiger partial charge in [0, 0.05) is 0 Å². The first-order chi connectivity index (χ1) is 5.71. The Balaban J connectivity index is 2.20. The van der Waals surface area contributed by atoms with Crippen LogP contribution >= 0.6 is 0 Å². The average molecular weight is 166 g/mol. The van der Waals surface area contributed by atoms with Gasteiger partial charge in [-0.15, -0.1) is 0 Å². The second-order valence-corrected chi connectivity index (χ2v) is 3.61. The summed E-state index contributed by atoms with van der Waals surface area (Å²) < 4.78 is 11.4. The number of allylic oxidation sites excluding steroid dienone is 2. The molecule has 2 nitrogen and oxygen atoms in total. The van der Waals surface area contributed by atoms with Gasteiger partial charge < -0.3 is 9.47 Å². The lowest BCUT2D eigenvalue weighted by molar-refractivity contribution is -0.190. The van der Waals surface area contributed by atoms with E-state index in [1.165, 1.54) is 0 Å². The van der Waals surface area contributed by atoms with Gasteiger partial charge in [0.2, 0.25) is 0 Å². The van der Waals surface area contributed by atoms with Gasteiger partial charge >= 0.3 is 0 Å². The normalized spacial score (nSPS) is 45.8. The predicted octanol–water partition coefficient (Wildman–Crippen LogP) is 1.68. The summed E-state index contributed by atoms with van der Waals surface area (Å²) in [4.78, 5) is 0. The van der Waals surface area contributed by atoms with Crippen LogP contribution in [0.1, 0.15) is 13.8 Å². The molecule has 2 rings (SSSR count). The first-order valence-corrected chi connectivity index (χ1v) is 4.36. The molecular weight excluding hydrogens is 152 g/mol. The third kappa shape index (κ3) is 1.21. The fourth-order valence-corrected chi connectivity index (χ4v) is 1.73. The third-order valence-electron chi connectivity index (χ3n) is 2.35. The Morgan fingerprint density at radius 3 is 3.08 bits per heavy atom. The Morgan fingerprint density at radius 1 is 1.42 bits per heavy atom. The average Bonchev–Trinajstić information content (AvgIpc) is 2.02. The predicted molar refractivity (Wildman–Crippen MR) is 47.0 cm³/mol. The molecule has 1 aliphatic heterocycles. The molecule has 0 aromatic carbocycles. The van der Waals surface area contributed by atoms with Crippen molar-refractivity contribution < 1.29 is 9.47 Å². The van der Waals surface area contributed by atoms with Gasteiger partial charge in [0.05, 0.1) is 12.7 Å². The lowest BCUT2D eigenvalue weighted by Crippen LogP contribution is -2.50. The first-order valence-electron chi connectivity index (χ1n) is 4.36. The van der Waals surface area contributed by atoms with Gasteiger partial charge in [0.25, 0.3) is 0 Å². The number of hydrogen-bond acceptors (Lipinski definition) is 2. The standard InChI is InChI=1S/C10H14O2/c1-8-7-11-9-5-3-4-6-10(9,2)12-8/h3-6,8-9H,7H2,1-2H3/t8-,9?,10?/m0/s1. The summed E-state index contributed by atoms with van der Waals surface area (Å²) in [6.45, 7) is 4.79. The molecule has 0 amide bonds. The molecule has 2 unspecified atom stereocenters. The maximum atomic E-state index is 5.81. The first kappa shape index (κ1) is 8.02. The van der Waals surface area contributed by atoms with E-state index in [0.717, 1.165) is 0 Å². The molecule has 0 aromatic rings. The second-order valence-electron chi connectivity index (χ2n) is 3.61. The molecule has 12 heavy (non-hydrogen) atoms. The van der Waals surface area contributed by atoms with E-state index in [1.807, 2.05) is 25.2 Å². The highest BCUT2D eigenvalue weighted by Crippen LogP contribution is 2.30. The lowest BCUT2D eigenvalue weighted by Gasteiger charge is -2.41. The maximum absolute atomic E-state index is 5.81. The molecule has 0 bridgehead atoms. The van der Waals surface area contributed by atoms with Crippen LogP contribution in [0.4, 0.5) is 0 Å². The second kappa shape index (κ2) is 2.71. The Hall–Kier alpha value is -0.600. The van der Waals surface area contributed by atoms with Crippen LogP contribution in [0.2, 0.25) is 0 Å². The summed E-state index contributed by atoms with van der Waals surface area (Å²) >= 11 is 0. The van der Waals surface area contributed by atoms with E-state index in [2.05, 4.69) is 13.0 Å². The zero-order valence-corrected chi connectivity index (χ0v) is 7.49. The zero-order chi connectivity index (χ0) is 8.60. The highest BCUT2D eigenvalue weighted by atomic mass is 16.6. The van der Waals surface area contributed by atoms with Gasteiger partial charge in [-0.3, -0.25) is 0 Å². The molecule has 1 aliphatic carbocycles. The van der Waals surface area contributed by atoms with Crippen LogP contribution in [-0.2, 0) is 9.47 Å². The van der Waals surface area contributed by atoms with Crippen molar-refractivity contribution in [3.63, 3.8) is 0 Å². The van der Waals surface area contributed by atoms with Gasteiger partial charge in [-0.2, -0.15) is 0 Å². The number of ether oxygens (including phenoxy) is 2. The summed E-state index contributed by atoms with van der Waals surface area (Å²) in [5.41, 5.74) is -0.244. The van der Waals surface area contributed by atoms with E-state index in [-0.39, 0.29) is 17.8 Å². The minimum atomic E-state index is -0.244. The minimum Gasteiger partial charge on any atom is -0.368 e. The smallest absolute Gasteiger partial charge is 0.114 e. The quantitative estimate of drug-likeness (QED) is 0.545. The Bertz CT molecular complexity index is 232. The molecule has 0 saturated carbocycles.